The fraction of sp³-hybridized carbons (Fsp3) is 0.650. The Hall–Kier alpha value is -0.980. The van der Waals surface area contributed by atoms with Crippen LogP contribution < -0.4 is 34.6 Å². The quantitative estimate of drug-likeness (QED) is 0.314. The van der Waals surface area contributed by atoms with Gasteiger partial charge in [0.05, 0.1) is 19.6 Å². The molecule has 0 bridgehead atoms. The zero-order chi connectivity index (χ0) is 16.8. The van der Waals surface area contributed by atoms with Crippen LogP contribution in [-0.2, 0) is 6.42 Å². The second-order valence-electron chi connectivity index (χ2n) is 7.10. The molecule has 0 radical (unpaired) electrons. The van der Waals surface area contributed by atoms with Crippen molar-refractivity contribution in [3.63, 3.8) is 0 Å². The summed E-state index contributed by atoms with van der Waals surface area (Å²) in [4.78, 5) is 0. The molecular formula is C20H32IN3O. The molecule has 0 aliphatic carbocycles. The number of halogens is 1. The number of nitrogens with zero attached hydrogens (tertiary/aromatic N) is 1. The highest BCUT2D eigenvalue weighted by Crippen LogP contribution is 2.32. The highest BCUT2D eigenvalue weighted by molar-refractivity contribution is 5.75. The number of aromatic hydroxyl groups is 1. The lowest BCUT2D eigenvalue weighted by Crippen LogP contribution is -3.00. The van der Waals surface area contributed by atoms with Gasteiger partial charge in [0.1, 0.15) is 11.8 Å². The third-order valence-electron chi connectivity index (χ3n) is 5.30. The van der Waals surface area contributed by atoms with Gasteiger partial charge in [0.15, 0.2) is 0 Å². The number of rotatable bonds is 7. The summed E-state index contributed by atoms with van der Waals surface area (Å²) < 4.78 is 2.49. The number of unbranched alkanes of at least 4 members (excludes halogenated alkanes) is 5. The number of fused-ring (bicyclic) bond motifs is 3. The van der Waals surface area contributed by atoms with E-state index in [9.17, 15) is 5.11 Å². The van der Waals surface area contributed by atoms with Gasteiger partial charge in [0, 0.05) is 12.8 Å². The number of benzene rings is 1. The predicted molar refractivity (Wildman–Crippen MR) is 98.7 cm³/mol. The number of guanidine groups is 1. The minimum atomic E-state index is 0. The Morgan fingerprint density at radius 2 is 2.00 bits per heavy atom. The summed E-state index contributed by atoms with van der Waals surface area (Å²) >= 11 is 0. The summed E-state index contributed by atoms with van der Waals surface area (Å²) in [6.45, 7) is 5.36. The lowest BCUT2D eigenvalue weighted by atomic mass is 9.91. The number of phenols is 1. The second-order valence-corrected chi connectivity index (χ2v) is 7.10. The molecule has 0 fully saturated rings. The van der Waals surface area contributed by atoms with Crippen LogP contribution in [0.15, 0.2) is 18.2 Å². The fourth-order valence-corrected chi connectivity index (χ4v) is 3.98. The Bertz CT molecular complexity index is 588. The SMILES string of the molecule is CCCCCCCCNC1=[N+]2CCc3cc(O)ccc3C2CCN1.[I-]. The third-order valence-corrected chi connectivity index (χ3v) is 5.30. The minimum absolute atomic E-state index is 0. The van der Waals surface area contributed by atoms with Crippen LogP contribution >= 0.6 is 0 Å². The predicted octanol–water partition coefficient (Wildman–Crippen LogP) is 0.305. The van der Waals surface area contributed by atoms with Crippen molar-refractivity contribution < 1.29 is 33.7 Å². The van der Waals surface area contributed by atoms with Gasteiger partial charge in [0.25, 0.3) is 0 Å². The van der Waals surface area contributed by atoms with Gasteiger partial charge in [-0.2, -0.15) is 0 Å². The maximum absolute atomic E-state index is 9.71. The molecule has 0 saturated carbocycles. The van der Waals surface area contributed by atoms with E-state index in [1.54, 1.807) is 0 Å². The summed E-state index contributed by atoms with van der Waals surface area (Å²) in [5, 5.41) is 16.9. The summed E-state index contributed by atoms with van der Waals surface area (Å²) in [7, 11) is 0. The molecule has 2 aliphatic rings. The van der Waals surface area contributed by atoms with E-state index in [1.807, 2.05) is 12.1 Å². The second kappa shape index (κ2) is 10.2. The topological polar surface area (TPSA) is 47.3 Å². The first kappa shape index (κ1) is 20.3. The molecule has 1 atom stereocenters. The molecule has 0 spiro atoms. The van der Waals surface area contributed by atoms with Crippen LogP contribution in [0.4, 0.5) is 0 Å². The molecule has 5 heteroatoms. The van der Waals surface area contributed by atoms with Crippen molar-refractivity contribution >= 4 is 5.96 Å². The van der Waals surface area contributed by atoms with E-state index < -0.39 is 0 Å². The molecule has 140 valence electrons. The average Bonchev–Trinajstić information content (AvgIpc) is 2.60. The molecule has 3 N–H and O–H groups in total. The maximum Gasteiger partial charge on any atom is 0.346 e. The first-order valence-corrected chi connectivity index (χ1v) is 9.72. The molecule has 4 nitrogen and oxygen atoms in total. The standard InChI is InChI=1S/C20H31N3O.HI/c1-2-3-4-5-6-7-12-21-20-22-13-10-19-18-9-8-17(24)15-16(18)11-14-23(19)20;/h8-9,15,19H,2-7,10-14H2,1H3,(H2,21,22,24);1H. The van der Waals surface area contributed by atoms with Crippen LogP contribution in [-0.4, -0.2) is 35.3 Å². The molecule has 2 aliphatic heterocycles. The van der Waals surface area contributed by atoms with Gasteiger partial charge in [-0.15, -0.1) is 0 Å². The fourth-order valence-electron chi connectivity index (χ4n) is 3.98. The number of nitrogens with one attached hydrogen (secondary N) is 2. The van der Waals surface area contributed by atoms with Crippen molar-refractivity contribution in [3.05, 3.63) is 29.3 Å². The molecule has 0 aromatic heterocycles. The van der Waals surface area contributed by atoms with Gasteiger partial charge in [-0.25, -0.2) is 0 Å². The Labute approximate surface area is 169 Å². The van der Waals surface area contributed by atoms with Crippen LogP contribution in [0, 0.1) is 0 Å². The smallest absolute Gasteiger partial charge is 0.346 e. The van der Waals surface area contributed by atoms with Crippen molar-refractivity contribution in [1.29, 1.82) is 0 Å². The molecule has 25 heavy (non-hydrogen) atoms. The maximum atomic E-state index is 9.71. The van der Waals surface area contributed by atoms with Crippen molar-refractivity contribution in [2.75, 3.05) is 19.6 Å². The van der Waals surface area contributed by atoms with Crippen molar-refractivity contribution in [1.82, 2.24) is 10.6 Å². The molecule has 1 aromatic rings. The first-order chi connectivity index (χ1) is 11.8. The monoisotopic (exact) mass is 457 g/mol. The first-order valence-electron chi connectivity index (χ1n) is 9.72. The van der Waals surface area contributed by atoms with Gasteiger partial charge in [-0.05, 0) is 29.7 Å². The normalized spacial score (nSPS) is 18.7. The van der Waals surface area contributed by atoms with Gasteiger partial charge >= 0.3 is 5.96 Å². The molecule has 3 rings (SSSR count). The zero-order valence-electron chi connectivity index (χ0n) is 15.4. The molecule has 1 unspecified atom stereocenters. The number of phenolic OH excluding ortho intramolecular Hbond substituents is 1. The number of hydrogen-bond acceptors (Lipinski definition) is 3. The minimum Gasteiger partial charge on any atom is -1.00 e. The molecule has 0 amide bonds. The number of hydrogen-bond donors (Lipinski definition) is 3. The molecular weight excluding hydrogens is 425 g/mol. The Morgan fingerprint density at radius 1 is 1.20 bits per heavy atom. The third kappa shape index (κ3) is 5.25. The lowest BCUT2D eigenvalue weighted by Gasteiger charge is -2.32. The Balaban J connectivity index is 0.00000225. The van der Waals surface area contributed by atoms with Crippen LogP contribution in [0.1, 0.15) is 69.0 Å². The van der Waals surface area contributed by atoms with E-state index in [0.29, 0.717) is 11.8 Å². The van der Waals surface area contributed by atoms with E-state index in [1.165, 1.54) is 55.6 Å². The Kier molecular flexibility index (Phi) is 8.33. The molecule has 0 saturated heterocycles. The van der Waals surface area contributed by atoms with Gasteiger partial charge in [0.2, 0.25) is 0 Å². The highest BCUT2D eigenvalue weighted by Gasteiger charge is 2.32. The van der Waals surface area contributed by atoms with E-state index in [-0.39, 0.29) is 24.0 Å². The van der Waals surface area contributed by atoms with Gasteiger partial charge in [-0.1, -0.05) is 45.1 Å². The Morgan fingerprint density at radius 3 is 2.84 bits per heavy atom. The summed E-state index contributed by atoms with van der Waals surface area (Å²) in [6, 6.07) is 6.33. The average molecular weight is 457 g/mol. The molecule has 2 heterocycles. The largest absolute Gasteiger partial charge is 1.00 e. The lowest BCUT2D eigenvalue weighted by molar-refractivity contribution is -0.584. The van der Waals surface area contributed by atoms with E-state index in [2.05, 4.69) is 28.2 Å². The summed E-state index contributed by atoms with van der Waals surface area (Å²) in [5.74, 6) is 1.60. The van der Waals surface area contributed by atoms with Crippen molar-refractivity contribution in [2.24, 2.45) is 0 Å². The van der Waals surface area contributed by atoms with Crippen molar-refractivity contribution in [2.45, 2.75) is 64.3 Å². The molecule has 1 aromatic carbocycles. The van der Waals surface area contributed by atoms with Crippen molar-refractivity contribution in [3.8, 4) is 5.75 Å². The van der Waals surface area contributed by atoms with E-state index in [0.717, 1.165) is 32.5 Å². The van der Waals surface area contributed by atoms with Gasteiger partial charge < -0.3 is 29.1 Å². The van der Waals surface area contributed by atoms with Crippen LogP contribution in [0.25, 0.3) is 0 Å². The highest BCUT2D eigenvalue weighted by atomic mass is 127. The zero-order valence-corrected chi connectivity index (χ0v) is 17.5. The van der Waals surface area contributed by atoms with Gasteiger partial charge in [-0.3, -0.25) is 15.2 Å². The van der Waals surface area contributed by atoms with Crippen LogP contribution in [0.5, 0.6) is 5.75 Å². The van der Waals surface area contributed by atoms with E-state index >= 15 is 0 Å². The summed E-state index contributed by atoms with van der Waals surface area (Å²) in [6.07, 6.45) is 10.1. The summed E-state index contributed by atoms with van der Waals surface area (Å²) in [5.41, 5.74) is 2.70. The van der Waals surface area contributed by atoms with Crippen LogP contribution in [0.3, 0.4) is 0 Å². The van der Waals surface area contributed by atoms with E-state index in [4.69, 9.17) is 0 Å². The van der Waals surface area contributed by atoms with Crippen LogP contribution in [0.2, 0.25) is 0 Å².